The van der Waals surface area contributed by atoms with Crippen molar-refractivity contribution in [3.05, 3.63) is 88.6 Å². The molecule has 0 unspecified atom stereocenters. The SMILES string of the molecule is Cc1ccc(C#N)cc1-n1/c(=N/C#N)n(C)c2cnc3ccc(-c4ccc(Cl)cc4)cc3c21. The zero-order valence-electron chi connectivity index (χ0n) is 17.9. The summed E-state index contributed by atoms with van der Waals surface area (Å²) >= 11 is 6.07. The van der Waals surface area contributed by atoms with Crippen LogP contribution in [-0.4, -0.2) is 14.1 Å². The van der Waals surface area contributed by atoms with Gasteiger partial charge in [-0.1, -0.05) is 35.9 Å². The Hall–Kier alpha value is -4.39. The minimum atomic E-state index is 0.455. The van der Waals surface area contributed by atoms with Crippen LogP contribution in [0.15, 0.2) is 71.9 Å². The summed E-state index contributed by atoms with van der Waals surface area (Å²) < 4.78 is 3.78. The van der Waals surface area contributed by atoms with E-state index in [1.165, 1.54) is 0 Å². The van der Waals surface area contributed by atoms with Gasteiger partial charge in [-0.05, 0) is 60.0 Å². The number of nitriles is 2. The molecule has 0 radical (unpaired) electrons. The van der Waals surface area contributed by atoms with Gasteiger partial charge in [-0.2, -0.15) is 10.5 Å². The Morgan fingerprint density at radius 2 is 1.73 bits per heavy atom. The molecular formula is C26H17ClN6. The molecule has 158 valence electrons. The van der Waals surface area contributed by atoms with E-state index in [0.717, 1.165) is 44.3 Å². The molecule has 6 nitrogen and oxygen atoms in total. The molecule has 0 aliphatic rings. The first-order chi connectivity index (χ1) is 16.0. The largest absolute Gasteiger partial charge is 0.311 e. The number of hydrogen-bond acceptors (Lipinski definition) is 4. The highest BCUT2D eigenvalue weighted by molar-refractivity contribution is 6.30. The molecular weight excluding hydrogens is 432 g/mol. The van der Waals surface area contributed by atoms with Crippen molar-refractivity contribution in [3.63, 3.8) is 0 Å². The third kappa shape index (κ3) is 3.34. The number of fused-ring (bicyclic) bond motifs is 3. The summed E-state index contributed by atoms with van der Waals surface area (Å²) in [6.45, 7) is 1.97. The van der Waals surface area contributed by atoms with E-state index in [1.807, 2.05) is 77.8 Å². The lowest BCUT2D eigenvalue weighted by molar-refractivity contribution is 0.809. The van der Waals surface area contributed by atoms with Gasteiger partial charge in [0.05, 0.1) is 40.1 Å². The average Bonchev–Trinajstić information content (AvgIpc) is 3.11. The van der Waals surface area contributed by atoms with Crippen LogP contribution < -0.4 is 5.62 Å². The maximum atomic E-state index is 9.49. The summed E-state index contributed by atoms with van der Waals surface area (Å²) in [5, 5.41) is 20.5. The number of halogens is 1. The van der Waals surface area contributed by atoms with Crippen LogP contribution in [0.4, 0.5) is 0 Å². The Kier molecular flexibility index (Phi) is 4.94. The van der Waals surface area contributed by atoms with E-state index < -0.39 is 0 Å². The minimum Gasteiger partial charge on any atom is -0.311 e. The summed E-state index contributed by atoms with van der Waals surface area (Å²) in [5.74, 6) is 0. The van der Waals surface area contributed by atoms with Gasteiger partial charge in [0, 0.05) is 17.5 Å². The van der Waals surface area contributed by atoms with E-state index in [0.29, 0.717) is 16.2 Å². The van der Waals surface area contributed by atoms with Crippen LogP contribution in [0, 0.1) is 29.7 Å². The third-order valence-electron chi connectivity index (χ3n) is 5.81. The van der Waals surface area contributed by atoms with E-state index in [1.54, 1.807) is 12.3 Å². The maximum absolute atomic E-state index is 9.49. The van der Waals surface area contributed by atoms with Gasteiger partial charge in [-0.15, -0.1) is 4.99 Å². The van der Waals surface area contributed by atoms with Crippen LogP contribution in [0.3, 0.4) is 0 Å². The molecule has 2 heterocycles. The standard InChI is InChI=1S/C26H17ClN6/c1-16-3-4-17(13-28)11-23(16)33-25-21-12-19(18-5-8-20(27)9-6-18)7-10-22(21)30-14-24(25)32(2)26(33)31-15-29/h3-12,14H,1-2H3/b31-26+. The summed E-state index contributed by atoms with van der Waals surface area (Å²) in [6, 6.07) is 21.5. The van der Waals surface area contributed by atoms with Crippen molar-refractivity contribution in [2.45, 2.75) is 6.92 Å². The smallest absolute Gasteiger partial charge is 0.226 e. The summed E-state index contributed by atoms with van der Waals surface area (Å²) in [7, 11) is 1.86. The van der Waals surface area contributed by atoms with E-state index in [-0.39, 0.29) is 0 Å². The predicted octanol–water partition coefficient (Wildman–Crippen LogP) is 5.40. The monoisotopic (exact) mass is 448 g/mol. The topological polar surface area (TPSA) is 82.7 Å². The second-order valence-corrected chi connectivity index (χ2v) is 8.19. The molecule has 5 aromatic rings. The van der Waals surface area contributed by atoms with E-state index in [9.17, 15) is 10.5 Å². The number of pyridine rings is 1. The summed E-state index contributed by atoms with van der Waals surface area (Å²) in [4.78, 5) is 8.77. The third-order valence-corrected chi connectivity index (χ3v) is 6.06. The van der Waals surface area contributed by atoms with Gasteiger partial charge < -0.3 is 4.57 Å². The van der Waals surface area contributed by atoms with Gasteiger partial charge >= 0.3 is 0 Å². The predicted molar refractivity (Wildman–Crippen MR) is 129 cm³/mol. The van der Waals surface area contributed by atoms with Gasteiger partial charge in [0.25, 0.3) is 0 Å². The zero-order chi connectivity index (χ0) is 23.1. The molecule has 0 atom stereocenters. The molecule has 0 saturated heterocycles. The van der Waals surface area contributed by atoms with Crippen LogP contribution in [0.5, 0.6) is 0 Å². The molecule has 0 spiro atoms. The molecule has 0 aliphatic heterocycles. The van der Waals surface area contributed by atoms with Crippen molar-refractivity contribution >= 4 is 33.5 Å². The van der Waals surface area contributed by atoms with Gasteiger partial charge in [0.2, 0.25) is 11.8 Å². The van der Waals surface area contributed by atoms with Crippen molar-refractivity contribution in [2.24, 2.45) is 12.0 Å². The van der Waals surface area contributed by atoms with Crippen molar-refractivity contribution in [1.82, 2.24) is 14.1 Å². The molecule has 5 rings (SSSR count). The van der Waals surface area contributed by atoms with Crippen LogP contribution in [0.25, 0.3) is 38.8 Å². The molecule has 0 aliphatic carbocycles. The quantitative estimate of drug-likeness (QED) is 0.339. The number of aryl methyl sites for hydroxylation is 2. The molecule has 0 amide bonds. The van der Waals surface area contributed by atoms with Crippen molar-refractivity contribution in [1.29, 1.82) is 10.5 Å². The first-order valence-corrected chi connectivity index (χ1v) is 10.6. The zero-order valence-corrected chi connectivity index (χ0v) is 18.7. The number of rotatable bonds is 2. The fourth-order valence-corrected chi connectivity index (χ4v) is 4.27. The lowest BCUT2D eigenvalue weighted by atomic mass is 10.0. The molecule has 0 saturated carbocycles. The Morgan fingerprint density at radius 3 is 2.45 bits per heavy atom. The Labute approximate surface area is 194 Å². The highest BCUT2D eigenvalue weighted by atomic mass is 35.5. The van der Waals surface area contributed by atoms with Crippen LogP contribution >= 0.6 is 11.6 Å². The normalized spacial score (nSPS) is 11.6. The highest BCUT2D eigenvalue weighted by Gasteiger charge is 2.17. The van der Waals surface area contributed by atoms with Crippen LogP contribution in [0.1, 0.15) is 11.1 Å². The van der Waals surface area contributed by atoms with Crippen LogP contribution in [0.2, 0.25) is 5.02 Å². The summed E-state index contributed by atoms with van der Waals surface area (Å²) in [5.41, 5.74) is 7.29. The fourth-order valence-electron chi connectivity index (χ4n) is 4.15. The van der Waals surface area contributed by atoms with Crippen molar-refractivity contribution in [2.75, 3.05) is 0 Å². The second kappa shape index (κ2) is 7.94. The Morgan fingerprint density at radius 1 is 0.970 bits per heavy atom. The number of imidazole rings is 1. The van der Waals surface area contributed by atoms with Gasteiger partial charge in [-0.25, -0.2) is 0 Å². The van der Waals surface area contributed by atoms with Crippen LogP contribution in [-0.2, 0) is 7.05 Å². The van der Waals surface area contributed by atoms with Crippen molar-refractivity contribution in [3.8, 4) is 29.1 Å². The van der Waals surface area contributed by atoms with Gasteiger partial charge in [-0.3, -0.25) is 9.55 Å². The number of nitrogens with zero attached hydrogens (tertiary/aromatic N) is 6. The average molecular weight is 449 g/mol. The second-order valence-electron chi connectivity index (χ2n) is 7.75. The van der Waals surface area contributed by atoms with E-state index in [4.69, 9.17) is 11.6 Å². The lowest BCUT2D eigenvalue weighted by Crippen LogP contribution is -2.23. The molecule has 0 fully saturated rings. The molecule has 0 bridgehead atoms. The number of benzene rings is 3. The molecule has 33 heavy (non-hydrogen) atoms. The Balaban J connectivity index is 1.95. The first kappa shape index (κ1) is 20.5. The van der Waals surface area contributed by atoms with E-state index >= 15 is 0 Å². The summed E-state index contributed by atoms with van der Waals surface area (Å²) in [6.07, 6.45) is 3.71. The lowest BCUT2D eigenvalue weighted by Gasteiger charge is -2.11. The maximum Gasteiger partial charge on any atom is 0.226 e. The van der Waals surface area contributed by atoms with Gasteiger partial charge in [0.15, 0.2) is 0 Å². The first-order valence-electron chi connectivity index (χ1n) is 10.2. The van der Waals surface area contributed by atoms with Gasteiger partial charge in [0.1, 0.15) is 0 Å². The highest BCUT2D eigenvalue weighted by Crippen LogP contribution is 2.31. The fraction of sp³-hybridized carbons (Fsp3) is 0.0769. The van der Waals surface area contributed by atoms with E-state index in [2.05, 4.69) is 22.1 Å². The van der Waals surface area contributed by atoms with Crippen molar-refractivity contribution < 1.29 is 0 Å². The number of aromatic nitrogens is 3. The number of hydrogen-bond donors (Lipinski definition) is 0. The Bertz CT molecular complexity index is 1710. The molecule has 2 aromatic heterocycles. The molecule has 0 N–H and O–H groups in total. The molecule has 3 aromatic carbocycles. The minimum absolute atomic E-state index is 0.455. The molecule has 7 heteroatoms.